The number of amides is 1. The molecule has 1 aliphatic rings. The molecule has 0 saturated carbocycles. The van der Waals surface area contributed by atoms with Crippen molar-refractivity contribution in [3.05, 3.63) is 82.9 Å². The fraction of sp³-hybridized carbons (Fsp3) is 0.259. The van der Waals surface area contributed by atoms with Crippen LogP contribution in [0.1, 0.15) is 18.4 Å². The number of benzene rings is 3. The molecule has 4 aromatic rings. The molecule has 7 nitrogen and oxygen atoms in total. The molecule has 0 bridgehead atoms. The number of thiazole rings is 1. The van der Waals surface area contributed by atoms with Crippen molar-refractivity contribution in [3.63, 3.8) is 0 Å². The van der Waals surface area contributed by atoms with E-state index < -0.39 is 27.6 Å². The molecule has 1 aliphatic heterocycles. The molecule has 0 aliphatic carbocycles. The van der Waals surface area contributed by atoms with Crippen LogP contribution in [0, 0.1) is 17.6 Å². The molecular weight excluding hydrogens is 568 g/mol. The van der Waals surface area contributed by atoms with Crippen molar-refractivity contribution in [2.75, 3.05) is 25.1 Å². The number of aromatic nitrogens is 1. The van der Waals surface area contributed by atoms with Crippen LogP contribution in [0.5, 0.6) is 5.75 Å². The Kier molecular flexibility index (Phi) is 7.86. The highest BCUT2D eigenvalue weighted by Crippen LogP contribution is 2.40. The molecule has 0 N–H and O–H groups in total. The Balaban J connectivity index is 1.40. The molecule has 0 radical (unpaired) electrons. The van der Waals surface area contributed by atoms with Crippen LogP contribution in [-0.4, -0.2) is 43.8 Å². The van der Waals surface area contributed by atoms with E-state index in [9.17, 15) is 22.0 Å². The monoisotopic (exact) mass is 591 g/mol. The van der Waals surface area contributed by atoms with Gasteiger partial charge in [0.2, 0.25) is 15.9 Å². The Hall–Kier alpha value is -3.12. The largest absolute Gasteiger partial charge is 0.494 e. The number of fused-ring (bicyclic) bond motifs is 1. The fourth-order valence-corrected chi connectivity index (χ4v) is 7.32. The smallest absolute Gasteiger partial charge is 0.243 e. The second-order valence-electron chi connectivity index (χ2n) is 9.09. The topological polar surface area (TPSA) is 79.8 Å². The van der Waals surface area contributed by atoms with Crippen molar-refractivity contribution in [2.24, 2.45) is 5.92 Å². The van der Waals surface area contributed by atoms with Gasteiger partial charge in [0.1, 0.15) is 11.3 Å². The molecule has 204 valence electrons. The molecule has 1 saturated heterocycles. The fourth-order valence-electron chi connectivity index (χ4n) is 4.58. The van der Waals surface area contributed by atoms with E-state index in [-0.39, 0.29) is 43.3 Å². The minimum absolute atomic E-state index is 0.0659. The van der Waals surface area contributed by atoms with Gasteiger partial charge in [-0.15, -0.1) is 0 Å². The Morgan fingerprint density at radius 2 is 1.82 bits per heavy atom. The van der Waals surface area contributed by atoms with Crippen LogP contribution in [0.25, 0.3) is 10.2 Å². The summed E-state index contributed by atoms with van der Waals surface area (Å²) in [4.78, 5) is 19.9. The number of rotatable bonds is 7. The summed E-state index contributed by atoms with van der Waals surface area (Å²) in [6.07, 6.45) is 0.532. The van der Waals surface area contributed by atoms with Gasteiger partial charge in [-0.05, 0) is 48.7 Å². The van der Waals surface area contributed by atoms with E-state index in [1.54, 1.807) is 17.0 Å². The average molecular weight is 592 g/mol. The van der Waals surface area contributed by atoms with Gasteiger partial charge >= 0.3 is 0 Å². The van der Waals surface area contributed by atoms with Crippen LogP contribution >= 0.6 is 22.9 Å². The molecule has 3 aromatic carbocycles. The molecule has 5 rings (SSSR count). The van der Waals surface area contributed by atoms with E-state index in [2.05, 4.69) is 0 Å². The van der Waals surface area contributed by atoms with Crippen molar-refractivity contribution in [1.29, 1.82) is 0 Å². The highest BCUT2D eigenvalue weighted by molar-refractivity contribution is 7.89. The number of sulfonamides is 1. The normalized spacial score (nSPS) is 15.0. The molecule has 0 atom stereocenters. The predicted molar refractivity (Wildman–Crippen MR) is 147 cm³/mol. The molecule has 0 unspecified atom stereocenters. The third-order valence-corrected chi connectivity index (χ3v) is 10.1. The van der Waals surface area contributed by atoms with Crippen molar-refractivity contribution in [3.8, 4) is 5.75 Å². The summed E-state index contributed by atoms with van der Waals surface area (Å²) in [6.45, 7) is 0.402. The van der Waals surface area contributed by atoms with Gasteiger partial charge in [0, 0.05) is 19.0 Å². The number of hydrogen-bond donors (Lipinski definition) is 0. The SMILES string of the molecule is COc1ccc(Cl)c2sc(N(Cc3ccccc3)C(=O)C3CCN(S(=O)(=O)c4ccc(F)c(F)c4)CC3)nc12. The molecule has 2 heterocycles. The number of halogens is 3. The summed E-state index contributed by atoms with van der Waals surface area (Å²) in [5.74, 6) is -2.46. The Bertz CT molecular complexity index is 1630. The second-order valence-corrected chi connectivity index (χ2v) is 12.4. The average Bonchev–Trinajstić information content (AvgIpc) is 3.40. The zero-order valence-corrected chi connectivity index (χ0v) is 23.2. The quantitative estimate of drug-likeness (QED) is 0.269. The molecule has 12 heteroatoms. The molecule has 1 fully saturated rings. The zero-order chi connectivity index (χ0) is 27.7. The molecular formula is C27H24ClF2N3O4S2. The lowest BCUT2D eigenvalue weighted by Crippen LogP contribution is -2.44. The number of carbonyl (C=O) groups is 1. The number of ether oxygens (including phenoxy) is 1. The molecule has 39 heavy (non-hydrogen) atoms. The number of methoxy groups -OCH3 is 1. The number of anilines is 1. The van der Waals surface area contributed by atoms with Crippen LogP contribution in [0.2, 0.25) is 5.02 Å². The van der Waals surface area contributed by atoms with Gasteiger partial charge in [0.25, 0.3) is 0 Å². The number of nitrogens with zero attached hydrogens (tertiary/aromatic N) is 3. The zero-order valence-electron chi connectivity index (χ0n) is 20.8. The van der Waals surface area contributed by atoms with Crippen LogP contribution in [-0.2, 0) is 21.4 Å². The summed E-state index contributed by atoms with van der Waals surface area (Å²) < 4.78 is 60.4. The summed E-state index contributed by atoms with van der Waals surface area (Å²) in [5.41, 5.74) is 1.46. The first-order valence-corrected chi connectivity index (χ1v) is 14.8. The minimum atomic E-state index is -4.04. The number of carbonyl (C=O) groups excluding carboxylic acids is 1. The number of piperidine rings is 1. The first kappa shape index (κ1) is 27.4. The lowest BCUT2D eigenvalue weighted by atomic mass is 9.96. The van der Waals surface area contributed by atoms with E-state index >= 15 is 0 Å². The first-order chi connectivity index (χ1) is 18.7. The first-order valence-electron chi connectivity index (χ1n) is 12.1. The lowest BCUT2D eigenvalue weighted by Gasteiger charge is -2.33. The van der Waals surface area contributed by atoms with E-state index in [1.165, 1.54) is 22.8 Å². The van der Waals surface area contributed by atoms with Crippen LogP contribution < -0.4 is 9.64 Å². The van der Waals surface area contributed by atoms with Gasteiger partial charge in [0.05, 0.1) is 28.3 Å². The third-order valence-electron chi connectivity index (χ3n) is 6.68. The second kappa shape index (κ2) is 11.2. The van der Waals surface area contributed by atoms with Gasteiger partial charge in [-0.2, -0.15) is 4.31 Å². The summed E-state index contributed by atoms with van der Waals surface area (Å²) in [5, 5.41) is 0.958. The van der Waals surface area contributed by atoms with E-state index in [4.69, 9.17) is 21.3 Å². The summed E-state index contributed by atoms with van der Waals surface area (Å²) in [7, 11) is -2.50. The van der Waals surface area contributed by atoms with Crippen LogP contribution in [0.3, 0.4) is 0 Å². The highest BCUT2D eigenvalue weighted by atomic mass is 35.5. The minimum Gasteiger partial charge on any atom is -0.494 e. The Morgan fingerprint density at radius 1 is 1.10 bits per heavy atom. The van der Waals surface area contributed by atoms with Crippen molar-refractivity contribution < 1.29 is 26.7 Å². The van der Waals surface area contributed by atoms with Gasteiger partial charge in [0.15, 0.2) is 16.8 Å². The van der Waals surface area contributed by atoms with Gasteiger partial charge in [-0.25, -0.2) is 22.2 Å². The van der Waals surface area contributed by atoms with E-state index in [1.807, 2.05) is 30.3 Å². The van der Waals surface area contributed by atoms with Gasteiger partial charge in [-0.1, -0.05) is 53.3 Å². The molecule has 1 aromatic heterocycles. The summed E-state index contributed by atoms with van der Waals surface area (Å²) in [6, 6.07) is 15.4. The number of hydrogen-bond acceptors (Lipinski definition) is 6. The Morgan fingerprint density at radius 3 is 2.49 bits per heavy atom. The van der Waals surface area contributed by atoms with Crippen molar-refractivity contribution in [1.82, 2.24) is 9.29 Å². The third kappa shape index (κ3) is 5.49. The maximum atomic E-state index is 13.9. The van der Waals surface area contributed by atoms with Gasteiger partial charge < -0.3 is 4.74 Å². The predicted octanol–water partition coefficient (Wildman–Crippen LogP) is 5.87. The molecule has 0 spiro atoms. The maximum Gasteiger partial charge on any atom is 0.243 e. The Labute approximate surface area is 233 Å². The molecule has 1 amide bonds. The van der Waals surface area contributed by atoms with E-state index in [0.29, 0.717) is 32.2 Å². The standard InChI is InChI=1S/C27H24ClF2N3O4S2/c1-37-23-10-8-20(28)25-24(23)31-27(38-25)33(16-17-5-3-2-4-6-17)26(34)18-11-13-32(14-12-18)39(35,36)19-7-9-21(29)22(30)15-19/h2-10,15,18H,11-14,16H2,1H3. The van der Waals surface area contributed by atoms with Crippen molar-refractivity contribution >= 4 is 54.2 Å². The lowest BCUT2D eigenvalue weighted by molar-refractivity contribution is -0.123. The van der Waals surface area contributed by atoms with Crippen molar-refractivity contribution in [2.45, 2.75) is 24.3 Å². The summed E-state index contributed by atoms with van der Waals surface area (Å²) >= 11 is 7.71. The maximum absolute atomic E-state index is 13.9. The van der Waals surface area contributed by atoms with Crippen LogP contribution in [0.4, 0.5) is 13.9 Å². The highest BCUT2D eigenvalue weighted by Gasteiger charge is 2.35. The van der Waals surface area contributed by atoms with Gasteiger partial charge in [-0.3, -0.25) is 9.69 Å². The van der Waals surface area contributed by atoms with E-state index in [0.717, 1.165) is 17.7 Å². The van der Waals surface area contributed by atoms with Crippen LogP contribution in [0.15, 0.2) is 65.6 Å².